The molecule has 0 aliphatic rings. The first-order chi connectivity index (χ1) is 13.1. The van der Waals surface area contributed by atoms with Gasteiger partial charge in [-0.15, -0.1) is 11.3 Å². The van der Waals surface area contributed by atoms with Crippen LogP contribution in [0.3, 0.4) is 0 Å². The van der Waals surface area contributed by atoms with Crippen molar-refractivity contribution in [3.63, 3.8) is 0 Å². The van der Waals surface area contributed by atoms with Crippen LogP contribution < -0.4 is 5.32 Å². The maximum atomic E-state index is 13.1. The van der Waals surface area contributed by atoms with Gasteiger partial charge in [-0.3, -0.25) is 4.79 Å². The number of nitrogens with one attached hydrogen (secondary N) is 1. The second-order valence-corrected chi connectivity index (χ2v) is 7.44. The molecule has 0 radical (unpaired) electrons. The average molecular weight is 372 g/mol. The van der Waals surface area contributed by atoms with Crippen LogP contribution in [0.4, 0.5) is 5.69 Å². The van der Waals surface area contributed by atoms with E-state index in [9.17, 15) is 4.79 Å². The molecule has 4 aromatic rings. The summed E-state index contributed by atoms with van der Waals surface area (Å²) in [6.07, 6.45) is 3.95. The lowest BCUT2D eigenvalue weighted by Gasteiger charge is -2.12. The van der Waals surface area contributed by atoms with Crippen LogP contribution in [0.1, 0.15) is 20.8 Å². The molecule has 0 atom stereocenters. The summed E-state index contributed by atoms with van der Waals surface area (Å²) in [4.78, 5) is 13.8. The van der Waals surface area contributed by atoms with E-state index >= 15 is 0 Å². The summed E-state index contributed by atoms with van der Waals surface area (Å²) in [6.45, 7) is 4.03. The van der Waals surface area contributed by atoms with Crippen LogP contribution in [0, 0.1) is 13.8 Å². The van der Waals surface area contributed by atoms with Gasteiger partial charge in [-0.25, -0.2) is 0 Å². The number of benzene rings is 2. The number of carbonyl (C=O) groups is 1. The molecule has 0 saturated carbocycles. The summed E-state index contributed by atoms with van der Waals surface area (Å²) >= 11 is 1.47. The molecule has 134 valence electrons. The van der Waals surface area contributed by atoms with Gasteiger partial charge in [-0.2, -0.15) is 0 Å². The van der Waals surface area contributed by atoms with E-state index in [1.54, 1.807) is 0 Å². The Balaban J connectivity index is 1.78. The van der Waals surface area contributed by atoms with Crippen molar-refractivity contribution in [2.24, 2.45) is 0 Å². The smallest absolute Gasteiger partial charge is 0.267 e. The maximum Gasteiger partial charge on any atom is 0.267 e. The van der Waals surface area contributed by atoms with Crippen molar-refractivity contribution in [2.45, 2.75) is 13.8 Å². The van der Waals surface area contributed by atoms with Gasteiger partial charge < -0.3 is 9.88 Å². The SMILES string of the molecule is Cc1ccc(C)c(NC(=O)c2scc(-c3ccccc3)c2-n2cccc2)c1. The number of carbonyl (C=O) groups excluding carboxylic acids is 1. The molecule has 0 saturated heterocycles. The highest BCUT2D eigenvalue weighted by Gasteiger charge is 2.20. The second kappa shape index (κ2) is 7.25. The molecule has 0 aliphatic carbocycles. The molecule has 3 nitrogen and oxygen atoms in total. The standard InChI is InChI=1S/C23H20N2OS/c1-16-10-11-17(2)20(14-16)24-23(26)22-21(25-12-6-7-13-25)19(15-27-22)18-8-4-3-5-9-18/h3-15H,1-2H3,(H,24,26). The van der Waals surface area contributed by atoms with Crippen LogP contribution in [0.25, 0.3) is 16.8 Å². The fourth-order valence-electron chi connectivity index (χ4n) is 3.12. The van der Waals surface area contributed by atoms with Crippen LogP contribution in [0.15, 0.2) is 78.4 Å². The van der Waals surface area contributed by atoms with Crippen molar-refractivity contribution in [2.75, 3.05) is 5.32 Å². The van der Waals surface area contributed by atoms with Crippen molar-refractivity contribution in [1.82, 2.24) is 4.57 Å². The van der Waals surface area contributed by atoms with Crippen LogP contribution >= 0.6 is 11.3 Å². The predicted molar refractivity (Wildman–Crippen MR) is 113 cm³/mol. The molecule has 2 heterocycles. The molecule has 1 amide bonds. The van der Waals surface area contributed by atoms with Gasteiger partial charge in [0.25, 0.3) is 5.91 Å². The highest BCUT2D eigenvalue weighted by Crippen LogP contribution is 2.35. The van der Waals surface area contributed by atoms with Gasteiger partial charge in [-0.05, 0) is 48.7 Å². The van der Waals surface area contributed by atoms with Gasteiger partial charge in [0.15, 0.2) is 0 Å². The topological polar surface area (TPSA) is 34.0 Å². The first-order valence-electron chi connectivity index (χ1n) is 8.82. The third kappa shape index (κ3) is 3.44. The fraction of sp³-hybridized carbons (Fsp3) is 0.0870. The van der Waals surface area contributed by atoms with Crippen molar-refractivity contribution in [3.8, 4) is 16.8 Å². The molecule has 27 heavy (non-hydrogen) atoms. The Morgan fingerprint density at radius 2 is 1.70 bits per heavy atom. The quantitative estimate of drug-likeness (QED) is 0.463. The van der Waals surface area contributed by atoms with Gasteiger partial charge >= 0.3 is 0 Å². The van der Waals surface area contributed by atoms with Crippen molar-refractivity contribution < 1.29 is 4.79 Å². The fourth-order valence-corrected chi connectivity index (χ4v) is 4.09. The Bertz CT molecular complexity index is 1080. The van der Waals surface area contributed by atoms with Gasteiger partial charge in [0, 0.05) is 29.0 Å². The van der Waals surface area contributed by atoms with Gasteiger partial charge in [0.2, 0.25) is 0 Å². The van der Waals surface area contributed by atoms with E-state index in [1.807, 2.05) is 73.3 Å². The lowest BCUT2D eigenvalue weighted by Crippen LogP contribution is -2.13. The Labute approximate surface area is 162 Å². The molecular weight excluding hydrogens is 352 g/mol. The summed E-state index contributed by atoms with van der Waals surface area (Å²) in [7, 11) is 0. The van der Waals surface area contributed by atoms with E-state index in [1.165, 1.54) is 11.3 Å². The minimum absolute atomic E-state index is 0.0837. The van der Waals surface area contributed by atoms with Crippen LogP contribution in [0.2, 0.25) is 0 Å². The molecule has 0 unspecified atom stereocenters. The Morgan fingerprint density at radius 1 is 0.963 bits per heavy atom. The molecule has 0 bridgehead atoms. The Morgan fingerprint density at radius 3 is 2.44 bits per heavy atom. The van der Waals surface area contributed by atoms with Gasteiger partial charge in [0.05, 0.1) is 5.69 Å². The molecule has 4 rings (SSSR count). The zero-order chi connectivity index (χ0) is 18.8. The third-order valence-electron chi connectivity index (χ3n) is 4.56. The van der Waals surface area contributed by atoms with E-state index < -0.39 is 0 Å². The van der Waals surface area contributed by atoms with E-state index in [0.717, 1.165) is 33.6 Å². The van der Waals surface area contributed by atoms with Gasteiger partial charge in [-0.1, -0.05) is 42.5 Å². The first-order valence-corrected chi connectivity index (χ1v) is 9.70. The average Bonchev–Trinajstić information content (AvgIpc) is 3.34. The normalized spacial score (nSPS) is 10.7. The largest absolute Gasteiger partial charge is 0.322 e. The highest BCUT2D eigenvalue weighted by atomic mass is 32.1. The van der Waals surface area contributed by atoms with E-state index in [2.05, 4.69) is 28.9 Å². The summed E-state index contributed by atoms with van der Waals surface area (Å²) < 4.78 is 2.01. The molecule has 2 aromatic carbocycles. The Hall–Kier alpha value is -3.11. The molecule has 0 fully saturated rings. The number of amides is 1. The third-order valence-corrected chi connectivity index (χ3v) is 5.53. The van der Waals surface area contributed by atoms with Crippen molar-refractivity contribution in [3.05, 3.63) is 94.4 Å². The number of rotatable bonds is 4. The van der Waals surface area contributed by atoms with Gasteiger partial charge in [0.1, 0.15) is 4.88 Å². The molecule has 4 heteroatoms. The molecule has 2 aromatic heterocycles. The number of thiophene rings is 1. The zero-order valence-corrected chi connectivity index (χ0v) is 16.1. The first kappa shape index (κ1) is 17.3. The molecular formula is C23H20N2OS. The predicted octanol–water partition coefficient (Wildman–Crippen LogP) is 6.07. The molecule has 0 spiro atoms. The molecule has 0 aliphatic heterocycles. The molecule has 1 N–H and O–H groups in total. The van der Waals surface area contributed by atoms with E-state index in [0.29, 0.717) is 4.88 Å². The van der Waals surface area contributed by atoms with E-state index in [4.69, 9.17) is 0 Å². The summed E-state index contributed by atoms with van der Waals surface area (Å²) in [5.74, 6) is -0.0837. The highest BCUT2D eigenvalue weighted by molar-refractivity contribution is 7.13. The summed E-state index contributed by atoms with van der Waals surface area (Å²) in [5.41, 5.74) is 6.10. The van der Waals surface area contributed by atoms with Crippen LogP contribution in [-0.2, 0) is 0 Å². The van der Waals surface area contributed by atoms with E-state index in [-0.39, 0.29) is 5.91 Å². The van der Waals surface area contributed by atoms with Crippen molar-refractivity contribution >= 4 is 22.9 Å². The lowest BCUT2D eigenvalue weighted by atomic mass is 10.1. The number of hydrogen-bond donors (Lipinski definition) is 1. The number of anilines is 1. The van der Waals surface area contributed by atoms with Crippen molar-refractivity contribution in [1.29, 1.82) is 0 Å². The second-order valence-electron chi connectivity index (χ2n) is 6.56. The Kier molecular flexibility index (Phi) is 4.65. The minimum Gasteiger partial charge on any atom is -0.322 e. The number of aryl methyl sites for hydroxylation is 2. The lowest BCUT2D eigenvalue weighted by molar-refractivity contribution is 0.103. The zero-order valence-electron chi connectivity index (χ0n) is 15.3. The maximum absolute atomic E-state index is 13.1. The van der Waals surface area contributed by atoms with Crippen LogP contribution in [-0.4, -0.2) is 10.5 Å². The monoisotopic (exact) mass is 372 g/mol. The number of hydrogen-bond acceptors (Lipinski definition) is 2. The summed E-state index contributed by atoms with van der Waals surface area (Å²) in [6, 6.07) is 20.2. The minimum atomic E-state index is -0.0837. The number of nitrogens with zero attached hydrogens (tertiary/aromatic N) is 1. The summed E-state index contributed by atoms with van der Waals surface area (Å²) in [5, 5.41) is 5.15. The van der Waals surface area contributed by atoms with Crippen LogP contribution in [0.5, 0.6) is 0 Å². The number of aromatic nitrogens is 1.